The first kappa shape index (κ1) is 20.1. The predicted molar refractivity (Wildman–Crippen MR) is 110 cm³/mol. The number of hydrogen-bond acceptors (Lipinski definition) is 4. The molecule has 29 heavy (non-hydrogen) atoms. The minimum atomic E-state index is -0.436. The summed E-state index contributed by atoms with van der Waals surface area (Å²) < 4.78 is 7.24. The van der Waals surface area contributed by atoms with Gasteiger partial charge in [0.1, 0.15) is 5.75 Å². The standard InChI is InChI=1S/C22H24N4O3/c1-14(2)29-19-11-7-17(8-12-19)21(27)24-25-22(28)20-13-23-26(16(20)4)18-9-5-15(3)6-10-18/h5-14H,1-4H3,(H,24,27)(H,25,28). The van der Waals surface area contributed by atoms with Gasteiger partial charge in [0, 0.05) is 5.56 Å². The summed E-state index contributed by atoms with van der Waals surface area (Å²) in [7, 11) is 0. The molecular weight excluding hydrogens is 368 g/mol. The third-order valence-electron chi connectivity index (χ3n) is 4.31. The van der Waals surface area contributed by atoms with Crippen LogP contribution in [0.15, 0.2) is 54.7 Å². The fraction of sp³-hybridized carbons (Fsp3) is 0.227. The second-order valence-electron chi connectivity index (χ2n) is 6.99. The van der Waals surface area contributed by atoms with Crippen LogP contribution >= 0.6 is 0 Å². The molecule has 0 atom stereocenters. The summed E-state index contributed by atoms with van der Waals surface area (Å²) in [6.45, 7) is 7.67. The molecule has 2 aromatic carbocycles. The number of aromatic nitrogens is 2. The van der Waals surface area contributed by atoms with E-state index in [0.717, 1.165) is 11.3 Å². The number of carbonyl (C=O) groups excluding carboxylic acids is 2. The number of hydrogen-bond donors (Lipinski definition) is 2. The minimum Gasteiger partial charge on any atom is -0.491 e. The number of hydrazine groups is 1. The summed E-state index contributed by atoms with van der Waals surface area (Å²) in [5, 5.41) is 4.28. The fourth-order valence-corrected chi connectivity index (χ4v) is 2.79. The van der Waals surface area contributed by atoms with Gasteiger partial charge >= 0.3 is 0 Å². The number of nitrogens with one attached hydrogen (secondary N) is 2. The van der Waals surface area contributed by atoms with Crippen molar-refractivity contribution in [1.82, 2.24) is 20.6 Å². The van der Waals surface area contributed by atoms with Crippen molar-refractivity contribution >= 4 is 11.8 Å². The summed E-state index contributed by atoms with van der Waals surface area (Å²) in [5.74, 6) is -0.174. The van der Waals surface area contributed by atoms with Crippen LogP contribution in [0.2, 0.25) is 0 Å². The van der Waals surface area contributed by atoms with Gasteiger partial charge in [-0.3, -0.25) is 20.4 Å². The molecule has 0 radical (unpaired) electrons. The van der Waals surface area contributed by atoms with Crippen LogP contribution in [0.4, 0.5) is 0 Å². The van der Waals surface area contributed by atoms with Crippen LogP contribution in [0, 0.1) is 13.8 Å². The van der Waals surface area contributed by atoms with Crippen LogP contribution in [-0.2, 0) is 0 Å². The van der Waals surface area contributed by atoms with Crippen LogP contribution in [0.25, 0.3) is 5.69 Å². The Morgan fingerprint density at radius 1 is 0.931 bits per heavy atom. The molecule has 2 amide bonds. The van der Waals surface area contributed by atoms with E-state index in [1.165, 1.54) is 6.20 Å². The molecule has 0 saturated heterocycles. The number of rotatable bonds is 5. The molecule has 0 spiro atoms. The summed E-state index contributed by atoms with van der Waals surface area (Å²) in [6.07, 6.45) is 1.53. The van der Waals surface area contributed by atoms with E-state index in [2.05, 4.69) is 16.0 Å². The molecular formula is C22H24N4O3. The molecule has 150 valence electrons. The Labute approximate surface area is 169 Å². The minimum absolute atomic E-state index is 0.0537. The Morgan fingerprint density at radius 3 is 2.17 bits per heavy atom. The van der Waals surface area contributed by atoms with Gasteiger partial charge in [0.05, 0.1) is 29.2 Å². The molecule has 3 aromatic rings. The molecule has 3 rings (SSSR count). The lowest BCUT2D eigenvalue weighted by Gasteiger charge is -2.11. The highest BCUT2D eigenvalue weighted by atomic mass is 16.5. The van der Waals surface area contributed by atoms with Crippen molar-refractivity contribution in [3.05, 3.63) is 77.1 Å². The molecule has 0 bridgehead atoms. The van der Waals surface area contributed by atoms with Gasteiger partial charge < -0.3 is 4.74 Å². The van der Waals surface area contributed by atoms with Gasteiger partial charge in [-0.15, -0.1) is 0 Å². The Bertz CT molecular complexity index is 1010. The molecule has 7 heteroatoms. The third-order valence-corrected chi connectivity index (χ3v) is 4.31. The number of ether oxygens (including phenoxy) is 1. The van der Waals surface area contributed by atoms with Crippen LogP contribution in [0.1, 0.15) is 45.8 Å². The van der Waals surface area contributed by atoms with Crippen molar-refractivity contribution in [3.63, 3.8) is 0 Å². The molecule has 0 unspecified atom stereocenters. The summed E-state index contributed by atoms with van der Waals surface area (Å²) in [5.41, 5.74) is 8.33. The average molecular weight is 392 g/mol. The number of carbonyl (C=O) groups is 2. The SMILES string of the molecule is Cc1ccc(-n2ncc(C(=O)NNC(=O)c3ccc(OC(C)C)cc3)c2C)cc1. The van der Waals surface area contributed by atoms with Gasteiger partial charge in [-0.1, -0.05) is 17.7 Å². The molecule has 1 aromatic heterocycles. The van der Waals surface area contributed by atoms with Crippen molar-refractivity contribution in [1.29, 1.82) is 0 Å². The van der Waals surface area contributed by atoms with Crippen molar-refractivity contribution in [3.8, 4) is 11.4 Å². The van der Waals surface area contributed by atoms with Gasteiger partial charge in [-0.25, -0.2) is 4.68 Å². The van der Waals surface area contributed by atoms with Crippen molar-refractivity contribution in [2.24, 2.45) is 0 Å². The number of aryl methyl sites for hydroxylation is 1. The van der Waals surface area contributed by atoms with Crippen molar-refractivity contribution < 1.29 is 14.3 Å². The first-order chi connectivity index (χ1) is 13.8. The molecule has 0 aliphatic heterocycles. The first-order valence-electron chi connectivity index (χ1n) is 9.34. The molecule has 0 fully saturated rings. The molecule has 0 aliphatic carbocycles. The topological polar surface area (TPSA) is 85.3 Å². The van der Waals surface area contributed by atoms with E-state index in [0.29, 0.717) is 22.6 Å². The van der Waals surface area contributed by atoms with Crippen LogP contribution in [0.5, 0.6) is 5.75 Å². The zero-order valence-corrected chi connectivity index (χ0v) is 16.9. The highest BCUT2D eigenvalue weighted by Crippen LogP contribution is 2.15. The zero-order chi connectivity index (χ0) is 21.0. The Balaban J connectivity index is 1.63. The van der Waals surface area contributed by atoms with E-state index in [1.54, 1.807) is 35.9 Å². The first-order valence-corrected chi connectivity index (χ1v) is 9.34. The van der Waals surface area contributed by atoms with Crippen LogP contribution < -0.4 is 15.6 Å². The maximum atomic E-state index is 12.5. The number of nitrogens with zero attached hydrogens (tertiary/aromatic N) is 2. The van der Waals surface area contributed by atoms with Crippen molar-refractivity contribution in [2.45, 2.75) is 33.8 Å². The van der Waals surface area contributed by atoms with E-state index < -0.39 is 11.8 Å². The lowest BCUT2D eigenvalue weighted by atomic mass is 10.2. The van der Waals surface area contributed by atoms with Gasteiger partial charge in [-0.2, -0.15) is 5.10 Å². The largest absolute Gasteiger partial charge is 0.491 e. The van der Waals surface area contributed by atoms with Gasteiger partial charge in [0.25, 0.3) is 11.8 Å². The van der Waals surface area contributed by atoms with E-state index in [-0.39, 0.29) is 6.10 Å². The monoisotopic (exact) mass is 392 g/mol. The molecule has 1 heterocycles. The van der Waals surface area contributed by atoms with Gasteiger partial charge in [0.2, 0.25) is 0 Å². The summed E-state index contributed by atoms with van der Waals surface area (Å²) in [6, 6.07) is 14.5. The fourth-order valence-electron chi connectivity index (χ4n) is 2.79. The Hall–Kier alpha value is -3.61. The second kappa shape index (κ2) is 8.60. The highest BCUT2D eigenvalue weighted by molar-refractivity contribution is 5.99. The third kappa shape index (κ3) is 4.82. The zero-order valence-electron chi connectivity index (χ0n) is 16.9. The number of benzene rings is 2. The Kier molecular flexibility index (Phi) is 5.97. The normalized spacial score (nSPS) is 10.7. The maximum absolute atomic E-state index is 12.5. The summed E-state index contributed by atoms with van der Waals surface area (Å²) in [4.78, 5) is 24.7. The lowest BCUT2D eigenvalue weighted by Crippen LogP contribution is -2.41. The van der Waals surface area contributed by atoms with E-state index in [4.69, 9.17) is 4.74 Å². The quantitative estimate of drug-likeness (QED) is 0.652. The lowest BCUT2D eigenvalue weighted by molar-refractivity contribution is 0.0846. The molecule has 0 saturated carbocycles. The summed E-state index contributed by atoms with van der Waals surface area (Å²) >= 11 is 0. The highest BCUT2D eigenvalue weighted by Gasteiger charge is 2.16. The molecule has 2 N–H and O–H groups in total. The van der Waals surface area contributed by atoms with Gasteiger partial charge in [-0.05, 0) is 64.1 Å². The molecule has 0 aliphatic rings. The average Bonchev–Trinajstić information content (AvgIpc) is 3.08. The van der Waals surface area contributed by atoms with Gasteiger partial charge in [0.15, 0.2) is 0 Å². The predicted octanol–water partition coefficient (Wildman–Crippen LogP) is 3.35. The molecule has 7 nitrogen and oxygen atoms in total. The smallest absolute Gasteiger partial charge is 0.273 e. The van der Waals surface area contributed by atoms with Crippen molar-refractivity contribution in [2.75, 3.05) is 0 Å². The maximum Gasteiger partial charge on any atom is 0.273 e. The second-order valence-corrected chi connectivity index (χ2v) is 6.99. The van der Waals surface area contributed by atoms with Crippen LogP contribution in [0.3, 0.4) is 0 Å². The van der Waals surface area contributed by atoms with Crippen LogP contribution in [-0.4, -0.2) is 27.7 Å². The van der Waals surface area contributed by atoms with E-state index in [9.17, 15) is 9.59 Å². The van der Waals surface area contributed by atoms with E-state index >= 15 is 0 Å². The van der Waals surface area contributed by atoms with E-state index in [1.807, 2.05) is 45.0 Å². The Morgan fingerprint density at radius 2 is 1.55 bits per heavy atom. The number of amides is 2.